The first-order valence-electron chi connectivity index (χ1n) is 5.18. The van der Waals surface area contributed by atoms with Crippen LogP contribution in [0.3, 0.4) is 0 Å². The lowest BCUT2D eigenvalue weighted by molar-refractivity contribution is 1.11. The fraction of sp³-hybridized carbons (Fsp3) is 0.231. The lowest BCUT2D eigenvalue weighted by Gasteiger charge is -2.09. The number of alkyl halides is 1. The van der Waals surface area contributed by atoms with Crippen LogP contribution in [0.1, 0.15) is 28.3 Å². The highest BCUT2D eigenvalue weighted by atomic mass is 35.5. The Hall–Kier alpha value is -0.500. The summed E-state index contributed by atoms with van der Waals surface area (Å²) in [5.41, 5.74) is 2.42. The summed E-state index contributed by atoms with van der Waals surface area (Å²) in [4.78, 5) is 1.02. The predicted octanol–water partition coefficient (Wildman–Crippen LogP) is 5.29. The number of aryl methyl sites for hydroxylation is 1. The van der Waals surface area contributed by atoms with Gasteiger partial charge in [-0.25, -0.2) is 0 Å². The average Bonchev–Trinajstić information content (AvgIpc) is 2.75. The Balaban J connectivity index is 2.27. The minimum absolute atomic E-state index is 0.140. The topological polar surface area (TPSA) is 0 Å². The smallest absolute Gasteiger partial charge is 0.0942 e. The molecule has 16 heavy (non-hydrogen) atoms. The summed E-state index contributed by atoms with van der Waals surface area (Å²) >= 11 is 14.1. The van der Waals surface area contributed by atoms with Crippen molar-refractivity contribution in [3.8, 4) is 0 Å². The largest absolute Gasteiger partial charge is 0.145 e. The van der Waals surface area contributed by atoms with Crippen LogP contribution in [0, 0.1) is 0 Å². The van der Waals surface area contributed by atoms with Crippen molar-refractivity contribution in [2.24, 2.45) is 0 Å². The van der Waals surface area contributed by atoms with Crippen LogP contribution in [0.5, 0.6) is 0 Å². The summed E-state index contributed by atoms with van der Waals surface area (Å²) in [6.07, 6.45) is 1.05. The van der Waals surface area contributed by atoms with Crippen LogP contribution in [0.4, 0.5) is 0 Å². The summed E-state index contributed by atoms with van der Waals surface area (Å²) in [6.45, 7) is 2.14. The van der Waals surface area contributed by atoms with E-state index in [1.807, 2.05) is 11.4 Å². The molecule has 1 aromatic heterocycles. The summed E-state index contributed by atoms with van der Waals surface area (Å²) in [7, 11) is 0. The van der Waals surface area contributed by atoms with Gasteiger partial charge in [-0.1, -0.05) is 42.8 Å². The molecule has 1 heterocycles. The van der Waals surface area contributed by atoms with Crippen LogP contribution in [-0.4, -0.2) is 0 Å². The molecule has 84 valence electrons. The minimum atomic E-state index is -0.140. The van der Waals surface area contributed by atoms with Crippen molar-refractivity contribution in [2.75, 3.05) is 0 Å². The van der Waals surface area contributed by atoms with Gasteiger partial charge in [0.25, 0.3) is 0 Å². The zero-order valence-electron chi connectivity index (χ0n) is 8.91. The second-order valence-corrected chi connectivity index (χ2v) is 5.38. The summed E-state index contributed by atoms with van der Waals surface area (Å²) < 4.78 is 0. The number of hydrogen-bond acceptors (Lipinski definition) is 1. The van der Waals surface area contributed by atoms with Crippen molar-refractivity contribution in [1.29, 1.82) is 0 Å². The molecule has 0 nitrogen and oxygen atoms in total. The number of halogens is 2. The molecule has 0 spiro atoms. The number of thiophene rings is 1. The molecule has 0 fully saturated rings. The van der Waals surface area contributed by atoms with E-state index >= 15 is 0 Å². The quantitative estimate of drug-likeness (QED) is 0.665. The standard InChI is InChI=1S/C13H12Cl2S/c1-2-9-3-5-10(6-4-9)12(15)13-11(14)7-8-16-13/h3-8,12H,2H2,1H3. The zero-order chi connectivity index (χ0) is 11.5. The third kappa shape index (κ3) is 2.42. The van der Waals surface area contributed by atoms with Crippen molar-refractivity contribution in [1.82, 2.24) is 0 Å². The number of benzene rings is 1. The lowest BCUT2D eigenvalue weighted by atomic mass is 10.1. The van der Waals surface area contributed by atoms with Gasteiger partial charge in [0.05, 0.1) is 10.4 Å². The minimum Gasteiger partial charge on any atom is -0.145 e. The van der Waals surface area contributed by atoms with Crippen LogP contribution in [0.25, 0.3) is 0 Å². The molecular weight excluding hydrogens is 259 g/mol. The summed E-state index contributed by atoms with van der Waals surface area (Å²) in [5.74, 6) is 0. The highest BCUT2D eigenvalue weighted by Crippen LogP contribution is 2.37. The molecular formula is C13H12Cl2S. The van der Waals surface area contributed by atoms with E-state index in [1.165, 1.54) is 5.56 Å². The van der Waals surface area contributed by atoms with Gasteiger partial charge in [0, 0.05) is 4.88 Å². The van der Waals surface area contributed by atoms with Crippen molar-refractivity contribution in [3.63, 3.8) is 0 Å². The number of hydrogen-bond donors (Lipinski definition) is 0. The summed E-state index contributed by atoms with van der Waals surface area (Å²) in [5, 5.41) is 2.58. The van der Waals surface area contributed by atoms with Gasteiger partial charge in [-0.2, -0.15) is 0 Å². The van der Waals surface area contributed by atoms with Crippen molar-refractivity contribution in [2.45, 2.75) is 18.7 Å². The van der Waals surface area contributed by atoms with E-state index in [-0.39, 0.29) is 5.38 Å². The molecule has 1 unspecified atom stereocenters. The van der Waals surface area contributed by atoms with Gasteiger partial charge < -0.3 is 0 Å². The Morgan fingerprint density at radius 1 is 1.19 bits per heavy atom. The normalized spacial score (nSPS) is 12.7. The molecule has 2 aromatic rings. The maximum atomic E-state index is 6.40. The van der Waals surface area contributed by atoms with Crippen LogP contribution >= 0.6 is 34.5 Å². The Bertz CT molecular complexity index is 459. The van der Waals surface area contributed by atoms with Crippen LogP contribution in [0.15, 0.2) is 35.7 Å². The summed E-state index contributed by atoms with van der Waals surface area (Å²) in [6, 6.07) is 10.3. The third-order valence-corrected chi connectivity index (χ3v) is 4.58. The maximum Gasteiger partial charge on any atom is 0.0942 e. The van der Waals surface area contributed by atoms with Gasteiger partial charge in [-0.15, -0.1) is 22.9 Å². The van der Waals surface area contributed by atoms with Crippen LogP contribution < -0.4 is 0 Å². The van der Waals surface area contributed by atoms with Crippen molar-refractivity contribution in [3.05, 3.63) is 56.7 Å². The molecule has 0 radical (unpaired) electrons. The Morgan fingerprint density at radius 3 is 2.38 bits per heavy atom. The van der Waals surface area contributed by atoms with E-state index in [0.29, 0.717) is 0 Å². The second kappa shape index (κ2) is 5.22. The molecule has 0 amide bonds. The highest BCUT2D eigenvalue weighted by molar-refractivity contribution is 7.11. The first-order valence-corrected chi connectivity index (χ1v) is 6.87. The fourth-order valence-corrected chi connectivity index (χ4v) is 3.20. The van der Waals surface area contributed by atoms with Gasteiger partial charge in [-0.3, -0.25) is 0 Å². The number of rotatable bonds is 3. The molecule has 0 saturated heterocycles. The maximum absolute atomic E-state index is 6.40. The van der Waals surface area contributed by atoms with Gasteiger partial charge >= 0.3 is 0 Å². The SMILES string of the molecule is CCc1ccc(C(Cl)c2sccc2Cl)cc1. The third-order valence-electron chi connectivity index (χ3n) is 2.56. The first kappa shape index (κ1) is 12.0. The van der Waals surface area contributed by atoms with Crippen LogP contribution in [-0.2, 0) is 6.42 Å². The molecule has 2 rings (SSSR count). The van der Waals surface area contributed by atoms with Crippen molar-refractivity contribution >= 4 is 34.5 Å². The van der Waals surface area contributed by atoms with E-state index in [4.69, 9.17) is 23.2 Å². The van der Waals surface area contributed by atoms with E-state index in [9.17, 15) is 0 Å². The second-order valence-electron chi connectivity index (χ2n) is 3.59. The molecule has 0 aliphatic carbocycles. The highest BCUT2D eigenvalue weighted by Gasteiger charge is 2.15. The molecule has 0 N–H and O–H groups in total. The van der Waals surface area contributed by atoms with Crippen LogP contribution in [0.2, 0.25) is 5.02 Å². The first-order chi connectivity index (χ1) is 7.72. The molecule has 1 atom stereocenters. The van der Waals surface area contributed by atoms with Gasteiger partial charge in [0.15, 0.2) is 0 Å². The van der Waals surface area contributed by atoms with Gasteiger partial charge in [0.1, 0.15) is 0 Å². The molecule has 0 saturated carbocycles. The van der Waals surface area contributed by atoms with E-state index in [2.05, 4.69) is 31.2 Å². The predicted molar refractivity (Wildman–Crippen MR) is 72.8 cm³/mol. The molecule has 3 heteroatoms. The lowest BCUT2D eigenvalue weighted by Crippen LogP contribution is -1.91. The molecule has 0 bridgehead atoms. The van der Waals surface area contributed by atoms with E-state index in [0.717, 1.165) is 21.9 Å². The van der Waals surface area contributed by atoms with Gasteiger partial charge in [-0.05, 0) is 29.0 Å². The Kier molecular flexibility index (Phi) is 3.91. The van der Waals surface area contributed by atoms with Crippen molar-refractivity contribution < 1.29 is 0 Å². The average molecular weight is 271 g/mol. The molecule has 0 aliphatic rings. The molecule has 0 aliphatic heterocycles. The zero-order valence-corrected chi connectivity index (χ0v) is 11.2. The Labute approximate surface area is 110 Å². The molecule has 1 aromatic carbocycles. The fourth-order valence-electron chi connectivity index (χ4n) is 1.56. The van der Waals surface area contributed by atoms with Gasteiger partial charge in [0.2, 0.25) is 0 Å². The van der Waals surface area contributed by atoms with E-state index < -0.39 is 0 Å². The Morgan fingerprint density at radius 2 is 1.88 bits per heavy atom. The van der Waals surface area contributed by atoms with E-state index in [1.54, 1.807) is 11.3 Å². The monoisotopic (exact) mass is 270 g/mol.